The number of carbonyl (C=O) groups excluding carboxylic acids is 1. The highest BCUT2D eigenvalue weighted by molar-refractivity contribution is 9.10. The lowest BCUT2D eigenvalue weighted by molar-refractivity contribution is -0.384. The lowest BCUT2D eigenvalue weighted by Crippen LogP contribution is -2.19. The van der Waals surface area contributed by atoms with E-state index in [4.69, 9.17) is 21.1 Å². The van der Waals surface area contributed by atoms with Gasteiger partial charge < -0.3 is 14.8 Å². The van der Waals surface area contributed by atoms with Crippen LogP contribution < -0.4 is 14.8 Å². The molecule has 190 valence electrons. The number of rotatable bonds is 8. The van der Waals surface area contributed by atoms with Crippen molar-refractivity contribution >= 4 is 67.8 Å². The van der Waals surface area contributed by atoms with E-state index in [1.807, 2.05) is 32.0 Å². The molecule has 0 unspecified atom stereocenters. The first-order valence-corrected chi connectivity index (χ1v) is 13.1. The number of nitrogens with zero attached hydrogens (tertiary/aromatic N) is 2. The highest BCUT2D eigenvalue weighted by Gasteiger charge is 2.24. The standard InChI is InChI=1S/C26H21BrClN3O5S/c1-3-35-22-12-17(11-19(27)24(22)36-14-16-7-9-18(10-8-16)31(33)34)13-23-25(32)30-26(37-23)29-21-6-4-5-20(28)15(21)2/h4-13H,3,14H2,1-2H3,(H,29,30,32)/b23-13+. The van der Waals surface area contributed by atoms with Crippen LogP contribution in [0.1, 0.15) is 23.6 Å². The summed E-state index contributed by atoms with van der Waals surface area (Å²) >= 11 is 11.0. The van der Waals surface area contributed by atoms with Crippen LogP contribution in [0.25, 0.3) is 6.08 Å². The van der Waals surface area contributed by atoms with E-state index in [2.05, 4.69) is 26.2 Å². The zero-order chi connectivity index (χ0) is 26.5. The molecule has 4 rings (SSSR count). The quantitative estimate of drug-likeness (QED) is 0.166. The van der Waals surface area contributed by atoms with Crippen molar-refractivity contribution in [1.82, 2.24) is 5.32 Å². The van der Waals surface area contributed by atoms with Gasteiger partial charge in [0, 0.05) is 17.2 Å². The van der Waals surface area contributed by atoms with Gasteiger partial charge in [-0.05, 0) is 101 Å². The molecule has 0 aromatic heterocycles. The Morgan fingerprint density at radius 1 is 1.19 bits per heavy atom. The van der Waals surface area contributed by atoms with Gasteiger partial charge in [-0.1, -0.05) is 17.7 Å². The summed E-state index contributed by atoms with van der Waals surface area (Å²) in [4.78, 5) is 28.0. The average Bonchev–Trinajstić information content (AvgIpc) is 3.20. The van der Waals surface area contributed by atoms with Crippen LogP contribution in [-0.4, -0.2) is 22.6 Å². The molecule has 11 heteroatoms. The summed E-state index contributed by atoms with van der Waals surface area (Å²) in [6, 6.07) is 15.2. The van der Waals surface area contributed by atoms with Crippen LogP contribution in [0.2, 0.25) is 5.02 Å². The fourth-order valence-corrected chi connectivity index (χ4v) is 4.98. The number of amidine groups is 1. The summed E-state index contributed by atoms with van der Waals surface area (Å²) in [6.07, 6.45) is 1.75. The molecule has 1 fully saturated rings. The zero-order valence-electron chi connectivity index (χ0n) is 19.8. The van der Waals surface area contributed by atoms with Gasteiger partial charge in [0.1, 0.15) is 6.61 Å². The van der Waals surface area contributed by atoms with Crippen LogP contribution in [0.3, 0.4) is 0 Å². The Kier molecular flexibility index (Phi) is 8.52. The van der Waals surface area contributed by atoms with Crippen molar-refractivity contribution in [3.05, 3.63) is 95.8 Å². The van der Waals surface area contributed by atoms with Crippen molar-refractivity contribution in [2.75, 3.05) is 6.61 Å². The van der Waals surface area contributed by atoms with Gasteiger partial charge in [-0.15, -0.1) is 0 Å². The van der Waals surface area contributed by atoms with E-state index in [1.54, 1.807) is 30.3 Å². The Balaban J connectivity index is 1.55. The molecule has 0 bridgehead atoms. The fraction of sp³-hybridized carbons (Fsp3) is 0.154. The van der Waals surface area contributed by atoms with E-state index in [0.717, 1.165) is 16.7 Å². The predicted octanol–water partition coefficient (Wildman–Crippen LogP) is 7.19. The monoisotopic (exact) mass is 601 g/mol. The topological polar surface area (TPSA) is 103 Å². The Morgan fingerprint density at radius 3 is 2.65 bits per heavy atom. The Labute approximate surface area is 231 Å². The smallest absolute Gasteiger partial charge is 0.269 e. The van der Waals surface area contributed by atoms with Crippen LogP contribution in [0.4, 0.5) is 11.4 Å². The highest BCUT2D eigenvalue weighted by atomic mass is 79.9. The Bertz CT molecular complexity index is 1430. The number of carbonyl (C=O) groups is 1. The van der Waals surface area contributed by atoms with Gasteiger partial charge >= 0.3 is 0 Å². The maximum absolute atomic E-state index is 12.6. The molecule has 1 N–H and O–H groups in total. The Hall–Kier alpha value is -3.34. The lowest BCUT2D eigenvalue weighted by atomic mass is 10.1. The number of halogens is 2. The fourth-order valence-electron chi connectivity index (χ4n) is 3.40. The molecule has 1 amide bonds. The molecule has 1 aliphatic rings. The van der Waals surface area contributed by atoms with Crippen LogP contribution in [0, 0.1) is 17.0 Å². The number of ether oxygens (including phenoxy) is 2. The molecule has 37 heavy (non-hydrogen) atoms. The second kappa shape index (κ2) is 11.8. The highest BCUT2D eigenvalue weighted by Crippen LogP contribution is 2.39. The molecule has 0 aliphatic carbocycles. The van der Waals surface area contributed by atoms with Crippen molar-refractivity contribution in [2.45, 2.75) is 20.5 Å². The molecular weight excluding hydrogens is 582 g/mol. The first-order chi connectivity index (χ1) is 17.7. The third-order valence-corrected chi connectivity index (χ3v) is 7.18. The Morgan fingerprint density at radius 2 is 1.95 bits per heavy atom. The number of thioether (sulfide) groups is 1. The number of hydrogen-bond acceptors (Lipinski definition) is 7. The normalized spacial score (nSPS) is 15.2. The van der Waals surface area contributed by atoms with Gasteiger partial charge in [-0.3, -0.25) is 14.9 Å². The van der Waals surface area contributed by atoms with Gasteiger partial charge in [0.15, 0.2) is 16.7 Å². The van der Waals surface area contributed by atoms with Crippen molar-refractivity contribution < 1.29 is 19.2 Å². The SMILES string of the molecule is CCOc1cc(/C=C2/SC(=Nc3cccc(Cl)c3C)NC2=O)cc(Br)c1OCc1ccc([N+](=O)[O-])cc1. The van der Waals surface area contributed by atoms with Gasteiger partial charge in [0.25, 0.3) is 11.6 Å². The molecule has 0 spiro atoms. The second-order valence-electron chi connectivity index (χ2n) is 7.84. The number of nitro groups is 1. The first kappa shape index (κ1) is 26.7. The maximum atomic E-state index is 12.6. The first-order valence-electron chi connectivity index (χ1n) is 11.1. The lowest BCUT2D eigenvalue weighted by Gasteiger charge is -2.15. The summed E-state index contributed by atoms with van der Waals surface area (Å²) in [5.74, 6) is 0.734. The molecule has 1 saturated heterocycles. The summed E-state index contributed by atoms with van der Waals surface area (Å²) < 4.78 is 12.4. The minimum absolute atomic E-state index is 0.0158. The number of nitrogens with one attached hydrogen (secondary N) is 1. The van der Waals surface area contributed by atoms with E-state index < -0.39 is 4.92 Å². The van der Waals surface area contributed by atoms with Gasteiger partial charge in [0.2, 0.25) is 0 Å². The minimum Gasteiger partial charge on any atom is -0.490 e. The zero-order valence-corrected chi connectivity index (χ0v) is 22.9. The van der Waals surface area contributed by atoms with E-state index in [-0.39, 0.29) is 18.2 Å². The largest absolute Gasteiger partial charge is 0.490 e. The molecular formula is C26H21BrClN3O5S. The number of non-ortho nitro benzene ring substituents is 1. The van der Waals surface area contributed by atoms with E-state index in [9.17, 15) is 14.9 Å². The molecule has 0 saturated carbocycles. The third-order valence-electron chi connectivity index (χ3n) is 5.27. The van der Waals surface area contributed by atoms with Gasteiger partial charge in [-0.25, -0.2) is 4.99 Å². The molecule has 1 aliphatic heterocycles. The third kappa shape index (κ3) is 6.51. The van der Waals surface area contributed by atoms with Crippen molar-refractivity contribution in [2.24, 2.45) is 4.99 Å². The summed E-state index contributed by atoms with van der Waals surface area (Å²) in [5.41, 5.74) is 3.04. The van der Waals surface area contributed by atoms with Crippen molar-refractivity contribution in [3.63, 3.8) is 0 Å². The number of benzene rings is 3. The van der Waals surface area contributed by atoms with Crippen molar-refractivity contribution in [1.29, 1.82) is 0 Å². The van der Waals surface area contributed by atoms with Crippen LogP contribution in [0.5, 0.6) is 11.5 Å². The minimum atomic E-state index is -0.447. The summed E-state index contributed by atoms with van der Waals surface area (Å²) in [7, 11) is 0. The molecule has 3 aromatic rings. The average molecular weight is 603 g/mol. The summed E-state index contributed by atoms with van der Waals surface area (Å²) in [5, 5.41) is 14.7. The van der Waals surface area contributed by atoms with E-state index in [0.29, 0.717) is 43.4 Å². The summed E-state index contributed by atoms with van der Waals surface area (Å²) in [6.45, 7) is 4.33. The predicted molar refractivity (Wildman–Crippen MR) is 150 cm³/mol. The molecule has 0 atom stereocenters. The second-order valence-corrected chi connectivity index (χ2v) is 10.1. The molecule has 0 radical (unpaired) electrons. The number of nitro benzene ring substituents is 1. The van der Waals surface area contributed by atoms with Crippen molar-refractivity contribution in [3.8, 4) is 11.5 Å². The van der Waals surface area contributed by atoms with Crippen LogP contribution >= 0.6 is 39.3 Å². The number of hydrogen-bond donors (Lipinski definition) is 1. The van der Waals surface area contributed by atoms with E-state index >= 15 is 0 Å². The maximum Gasteiger partial charge on any atom is 0.269 e. The van der Waals surface area contributed by atoms with Crippen LogP contribution in [0.15, 0.2) is 69.0 Å². The van der Waals surface area contributed by atoms with E-state index in [1.165, 1.54) is 23.9 Å². The molecule has 8 nitrogen and oxygen atoms in total. The van der Waals surface area contributed by atoms with Crippen LogP contribution in [-0.2, 0) is 11.4 Å². The number of amides is 1. The van der Waals surface area contributed by atoms with Gasteiger partial charge in [0.05, 0.1) is 26.6 Å². The number of aliphatic imine (C=N–C) groups is 1. The molecule has 1 heterocycles. The van der Waals surface area contributed by atoms with Gasteiger partial charge in [-0.2, -0.15) is 0 Å². The molecule has 3 aromatic carbocycles.